The number of nitrogens with zero attached hydrogens (tertiary/aromatic N) is 2. The maximum Gasteiger partial charge on any atom is 0.229 e. The van der Waals surface area contributed by atoms with Crippen LogP contribution in [0.25, 0.3) is 0 Å². The quantitative estimate of drug-likeness (QED) is 0.833. The fourth-order valence-corrected chi connectivity index (χ4v) is 2.01. The molecule has 2 rings (SSSR count). The molecule has 1 aliphatic rings. The second-order valence-corrected chi connectivity index (χ2v) is 5.16. The van der Waals surface area contributed by atoms with Crippen molar-refractivity contribution >= 4 is 0 Å². The molecule has 0 saturated heterocycles. The molecule has 0 radical (unpaired) electrons. The Bertz CT molecular complexity index is 332. The Morgan fingerprint density at radius 1 is 1.44 bits per heavy atom. The highest BCUT2D eigenvalue weighted by molar-refractivity contribution is 5.00. The van der Waals surface area contributed by atoms with E-state index in [0.29, 0.717) is 24.1 Å². The molecule has 1 atom stereocenters. The predicted molar refractivity (Wildman–Crippen MR) is 60.1 cm³/mol. The summed E-state index contributed by atoms with van der Waals surface area (Å²) in [5, 5.41) is 13.7. The van der Waals surface area contributed by atoms with Gasteiger partial charge in [0.1, 0.15) is 0 Å². The van der Waals surface area contributed by atoms with Gasteiger partial charge in [0.2, 0.25) is 5.89 Å². The van der Waals surface area contributed by atoms with E-state index in [0.717, 1.165) is 12.2 Å². The third kappa shape index (κ3) is 2.82. The molecule has 0 amide bonds. The Hall–Kier alpha value is -0.900. The third-order valence-electron chi connectivity index (χ3n) is 3.11. The summed E-state index contributed by atoms with van der Waals surface area (Å²) < 4.78 is 5.15. The van der Waals surface area contributed by atoms with E-state index in [-0.39, 0.29) is 6.10 Å². The fraction of sp³-hybridized carbons (Fsp3) is 0.833. The second kappa shape index (κ2) is 4.95. The minimum atomic E-state index is -0.366. The van der Waals surface area contributed by atoms with Gasteiger partial charge in [-0.25, -0.2) is 0 Å². The molecule has 90 valence electrons. The van der Waals surface area contributed by atoms with Crippen LogP contribution in [0, 0.1) is 5.92 Å². The Kier molecular flexibility index (Phi) is 3.59. The van der Waals surface area contributed by atoms with Crippen LogP contribution in [0.4, 0.5) is 0 Å². The minimum absolute atomic E-state index is 0.366. The lowest BCUT2D eigenvalue weighted by atomic mass is 9.85. The van der Waals surface area contributed by atoms with Gasteiger partial charge < -0.3 is 9.63 Å². The van der Waals surface area contributed by atoms with Crippen LogP contribution in [-0.4, -0.2) is 21.4 Å². The molecule has 4 heteroatoms. The average Bonchev–Trinajstić information content (AvgIpc) is 2.47. The summed E-state index contributed by atoms with van der Waals surface area (Å²) >= 11 is 0. The Labute approximate surface area is 96.1 Å². The summed E-state index contributed by atoms with van der Waals surface area (Å²) in [6, 6.07) is 0. The summed E-state index contributed by atoms with van der Waals surface area (Å²) in [4.78, 5) is 4.34. The lowest BCUT2D eigenvalue weighted by Crippen LogP contribution is -2.14. The molecule has 0 aliphatic heterocycles. The number of hydrogen-bond acceptors (Lipinski definition) is 4. The van der Waals surface area contributed by atoms with Crippen molar-refractivity contribution in [2.45, 2.75) is 58.0 Å². The summed E-state index contributed by atoms with van der Waals surface area (Å²) in [5.41, 5.74) is 0. The smallest absolute Gasteiger partial charge is 0.229 e. The van der Waals surface area contributed by atoms with Gasteiger partial charge >= 0.3 is 0 Å². The van der Waals surface area contributed by atoms with E-state index in [2.05, 4.69) is 24.0 Å². The van der Waals surface area contributed by atoms with Gasteiger partial charge in [-0.05, 0) is 25.2 Å². The van der Waals surface area contributed by atoms with Crippen LogP contribution in [0.3, 0.4) is 0 Å². The van der Waals surface area contributed by atoms with Crippen molar-refractivity contribution in [3.63, 3.8) is 0 Å². The van der Waals surface area contributed by atoms with Crippen LogP contribution >= 0.6 is 0 Å². The zero-order valence-corrected chi connectivity index (χ0v) is 10.0. The fourth-order valence-electron chi connectivity index (χ4n) is 2.01. The van der Waals surface area contributed by atoms with Crippen molar-refractivity contribution in [1.29, 1.82) is 0 Å². The molecule has 4 nitrogen and oxygen atoms in total. The molecule has 1 N–H and O–H groups in total. The molecule has 1 unspecified atom stereocenters. The van der Waals surface area contributed by atoms with Gasteiger partial charge in [-0.2, -0.15) is 4.98 Å². The number of hydrogen-bond donors (Lipinski definition) is 1. The molecule has 1 aliphatic carbocycles. The zero-order chi connectivity index (χ0) is 11.5. The first-order valence-corrected chi connectivity index (χ1v) is 6.15. The molecule has 1 saturated carbocycles. The predicted octanol–water partition coefficient (Wildman–Crippen LogP) is 2.29. The minimum Gasteiger partial charge on any atom is -0.393 e. The van der Waals surface area contributed by atoms with E-state index in [9.17, 15) is 5.11 Å². The lowest BCUT2D eigenvalue weighted by molar-refractivity contribution is 0.138. The molecule has 0 bridgehead atoms. The van der Waals surface area contributed by atoms with Crippen molar-refractivity contribution in [3.8, 4) is 0 Å². The van der Waals surface area contributed by atoms with Crippen LogP contribution in [-0.2, 0) is 6.42 Å². The molecule has 16 heavy (non-hydrogen) atoms. The van der Waals surface area contributed by atoms with E-state index in [1.54, 1.807) is 0 Å². The highest BCUT2D eigenvalue weighted by Crippen LogP contribution is 2.34. The van der Waals surface area contributed by atoms with Crippen LogP contribution in [0.5, 0.6) is 0 Å². The SMILES string of the molecule is CC(C)CC(O)Cc1nc(C2CCC2)no1. The summed E-state index contributed by atoms with van der Waals surface area (Å²) in [7, 11) is 0. The Morgan fingerprint density at radius 2 is 2.19 bits per heavy atom. The van der Waals surface area contributed by atoms with Gasteiger partial charge in [0.05, 0.1) is 12.5 Å². The summed E-state index contributed by atoms with van der Waals surface area (Å²) in [6.45, 7) is 4.19. The monoisotopic (exact) mass is 224 g/mol. The molecule has 1 heterocycles. The first kappa shape index (κ1) is 11.6. The summed E-state index contributed by atoms with van der Waals surface area (Å²) in [6.07, 6.45) is 4.51. The van der Waals surface area contributed by atoms with E-state index in [1.165, 1.54) is 19.3 Å². The van der Waals surface area contributed by atoms with Crippen molar-refractivity contribution in [1.82, 2.24) is 10.1 Å². The maximum absolute atomic E-state index is 9.76. The van der Waals surface area contributed by atoms with Gasteiger partial charge in [-0.15, -0.1) is 0 Å². The standard InChI is InChI=1S/C12H20N2O2/c1-8(2)6-10(15)7-11-13-12(14-16-11)9-4-3-5-9/h8-10,15H,3-7H2,1-2H3. The molecule has 0 spiro atoms. The number of aromatic nitrogens is 2. The molecule has 1 aromatic heterocycles. The van der Waals surface area contributed by atoms with E-state index >= 15 is 0 Å². The van der Waals surface area contributed by atoms with Crippen molar-refractivity contribution in [3.05, 3.63) is 11.7 Å². The van der Waals surface area contributed by atoms with Crippen molar-refractivity contribution in [2.24, 2.45) is 5.92 Å². The largest absolute Gasteiger partial charge is 0.393 e. The first-order valence-electron chi connectivity index (χ1n) is 6.15. The highest BCUT2D eigenvalue weighted by Gasteiger charge is 2.25. The van der Waals surface area contributed by atoms with E-state index in [4.69, 9.17) is 4.52 Å². The van der Waals surface area contributed by atoms with E-state index < -0.39 is 0 Å². The molecular formula is C12H20N2O2. The van der Waals surface area contributed by atoms with Gasteiger partial charge in [0, 0.05) is 5.92 Å². The highest BCUT2D eigenvalue weighted by atomic mass is 16.5. The van der Waals surface area contributed by atoms with Crippen LogP contribution < -0.4 is 0 Å². The van der Waals surface area contributed by atoms with Gasteiger partial charge in [-0.1, -0.05) is 25.4 Å². The third-order valence-corrected chi connectivity index (χ3v) is 3.11. The number of aliphatic hydroxyl groups excluding tert-OH is 1. The maximum atomic E-state index is 9.76. The average molecular weight is 224 g/mol. The second-order valence-electron chi connectivity index (χ2n) is 5.16. The Balaban J connectivity index is 1.86. The van der Waals surface area contributed by atoms with Crippen LogP contribution in [0.15, 0.2) is 4.52 Å². The molecule has 0 aromatic carbocycles. The van der Waals surface area contributed by atoms with Gasteiger partial charge in [0.25, 0.3) is 0 Å². The topological polar surface area (TPSA) is 59.2 Å². The van der Waals surface area contributed by atoms with Crippen molar-refractivity contribution in [2.75, 3.05) is 0 Å². The molecular weight excluding hydrogens is 204 g/mol. The lowest BCUT2D eigenvalue weighted by Gasteiger charge is -2.20. The first-order chi connectivity index (χ1) is 7.65. The van der Waals surface area contributed by atoms with Gasteiger partial charge in [-0.3, -0.25) is 0 Å². The Morgan fingerprint density at radius 3 is 2.75 bits per heavy atom. The van der Waals surface area contributed by atoms with Crippen LogP contribution in [0.1, 0.15) is 57.2 Å². The normalized spacial score (nSPS) is 18.8. The summed E-state index contributed by atoms with van der Waals surface area (Å²) in [5.74, 6) is 2.40. The van der Waals surface area contributed by atoms with Crippen LogP contribution in [0.2, 0.25) is 0 Å². The van der Waals surface area contributed by atoms with Crippen molar-refractivity contribution < 1.29 is 9.63 Å². The molecule has 1 aromatic rings. The number of aliphatic hydroxyl groups is 1. The number of rotatable bonds is 5. The zero-order valence-electron chi connectivity index (χ0n) is 10.0. The van der Waals surface area contributed by atoms with E-state index in [1.807, 2.05) is 0 Å². The molecule has 1 fully saturated rings. The van der Waals surface area contributed by atoms with Gasteiger partial charge in [0.15, 0.2) is 5.82 Å².